The van der Waals surface area contributed by atoms with Crippen LogP contribution in [0.15, 0.2) is 23.0 Å². The van der Waals surface area contributed by atoms with Crippen molar-refractivity contribution in [3.8, 4) is 0 Å². The molecule has 0 fully saturated rings. The van der Waals surface area contributed by atoms with Crippen molar-refractivity contribution in [3.05, 3.63) is 24.2 Å². The average molecular weight is 266 g/mol. The van der Waals surface area contributed by atoms with Crippen LogP contribution in [-0.2, 0) is 4.79 Å². The van der Waals surface area contributed by atoms with Crippen LogP contribution in [0.2, 0.25) is 0 Å². The fraction of sp³-hybridized carbons (Fsp3) is 0.600. The Morgan fingerprint density at radius 1 is 1.32 bits per heavy atom. The van der Waals surface area contributed by atoms with Gasteiger partial charge in [0.2, 0.25) is 0 Å². The zero-order valence-electron chi connectivity index (χ0n) is 11.8. The van der Waals surface area contributed by atoms with Crippen molar-refractivity contribution in [2.24, 2.45) is 11.8 Å². The molecule has 1 N–H and O–H groups in total. The summed E-state index contributed by atoms with van der Waals surface area (Å²) in [6, 6.07) is 1.64. The molecule has 0 saturated heterocycles. The summed E-state index contributed by atoms with van der Waals surface area (Å²) in [5, 5.41) is 9.64. The minimum Gasteiger partial charge on any atom is -0.472 e. The number of carbonyl (C=O) groups excluding carboxylic acids is 2. The molecule has 2 atom stereocenters. The molecule has 0 aliphatic rings. The van der Waals surface area contributed by atoms with Crippen LogP contribution in [0.1, 0.15) is 50.4 Å². The number of carbonyl (C=O) groups is 2. The highest BCUT2D eigenvalue weighted by atomic mass is 16.3. The van der Waals surface area contributed by atoms with Gasteiger partial charge in [0.15, 0.2) is 11.6 Å². The standard InChI is InChI=1S/C15H22O4/c1-10(2)15(18)14(17)8-11(3)4-5-13(16)12-6-7-19-9-12/h6-7,9-11,15,18H,4-5,8H2,1-3H3/t11-,15+/m0/s1. The summed E-state index contributed by atoms with van der Waals surface area (Å²) in [4.78, 5) is 23.5. The summed E-state index contributed by atoms with van der Waals surface area (Å²) >= 11 is 0. The van der Waals surface area contributed by atoms with Gasteiger partial charge in [-0.2, -0.15) is 0 Å². The van der Waals surface area contributed by atoms with Gasteiger partial charge in [-0.25, -0.2) is 0 Å². The lowest BCUT2D eigenvalue weighted by molar-refractivity contribution is -0.130. The molecule has 1 aromatic heterocycles. The number of furan rings is 1. The van der Waals surface area contributed by atoms with Gasteiger partial charge in [0, 0.05) is 12.8 Å². The zero-order chi connectivity index (χ0) is 14.4. The fourth-order valence-corrected chi connectivity index (χ4v) is 1.88. The maximum Gasteiger partial charge on any atom is 0.166 e. The summed E-state index contributed by atoms with van der Waals surface area (Å²) in [5.41, 5.74) is 0.570. The van der Waals surface area contributed by atoms with E-state index in [1.807, 2.05) is 20.8 Å². The number of rotatable bonds is 8. The largest absolute Gasteiger partial charge is 0.472 e. The van der Waals surface area contributed by atoms with Gasteiger partial charge >= 0.3 is 0 Å². The molecule has 1 heterocycles. The van der Waals surface area contributed by atoms with E-state index in [9.17, 15) is 14.7 Å². The van der Waals surface area contributed by atoms with Gasteiger partial charge in [0.05, 0.1) is 11.8 Å². The molecule has 0 aliphatic carbocycles. The topological polar surface area (TPSA) is 67.5 Å². The second kappa shape index (κ2) is 7.24. The van der Waals surface area contributed by atoms with Gasteiger partial charge in [0.1, 0.15) is 12.4 Å². The molecule has 4 heteroatoms. The van der Waals surface area contributed by atoms with Gasteiger partial charge in [-0.15, -0.1) is 0 Å². The first-order chi connectivity index (χ1) is 8.91. The molecular weight excluding hydrogens is 244 g/mol. The minimum absolute atomic E-state index is 0.0254. The molecule has 0 spiro atoms. The lowest BCUT2D eigenvalue weighted by Gasteiger charge is -2.16. The lowest BCUT2D eigenvalue weighted by Crippen LogP contribution is -2.27. The fourth-order valence-electron chi connectivity index (χ4n) is 1.88. The Hall–Kier alpha value is -1.42. The number of Topliss-reactive ketones (excluding diaryl/α,β-unsaturated/α-hetero) is 2. The maximum atomic E-state index is 11.7. The molecule has 0 saturated carbocycles. The lowest BCUT2D eigenvalue weighted by atomic mass is 9.92. The smallest absolute Gasteiger partial charge is 0.166 e. The predicted octanol–water partition coefficient (Wildman–Crippen LogP) is 2.85. The third-order valence-corrected chi connectivity index (χ3v) is 3.22. The molecule has 1 aromatic rings. The van der Waals surface area contributed by atoms with Crippen molar-refractivity contribution in [3.63, 3.8) is 0 Å². The van der Waals surface area contributed by atoms with E-state index in [0.717, 1.165) is 0 Å². The monoisotopic (exact) mass is 266 g/mol. The Bertz CT molecular complexity index is 406. The highest BCUT2D eigenvalue weighted by Crippen LogP contribution is 2.16. The molecule has 106 valence electrons. The van der Waals surface area contributed by atoms with E-state index in [1.54, 1.807) is 6.07 Å². The quantitative estimate of drug-likeness (QED) is 0.735. The summed E-state index contributed by atoms with van der Waals surface area (Å²) < 4.78 is 4.86. The van der Waals surface area contributed by atoms with Crippen molar-refractivity contribution in [2.45, 2.75) is 46.1 Å². The van der Waals surface area contributed by atoms with Gasteiger partial charge in [-0.3, -0.25) is 9.59 Å². The number of aliphatic hydroxyl groups is 1. The molecule has 19 heavy (non-hydrogen) atoms. The molecule has 1 rings (SSSR count). The van der Waals surface area contributed by atoms with Gasteiger partial charge in [0.25, 0.3) is 0 Å². The van der Waals surface area contributed by atoms with E-state index in [2.05, 4.69) is 0 Å². The van der Waals surface area contributed by atoms with Crippen LogP contribution < -0.4 is 0 Å². The van der Waals surface area contributed by atoms with Crippen LogP contribution in [0.25, 0.3) is 0 Å². The Labute approximate surface area is 113 Å². The number of ketones is 2. The number of hydrogen-bond acceptors (Lipinski definition) is 4. The van der Waals surface area contributed by atoms with Crippen LogP contribution >= 0.6 is 0 Å². The van der Waals surface area contributed by atoms with Crippen LogP contribution in [-0.4, -0.2) is 22.8 Å². The number of hydrogen-bond donors (Lipinski definition) is 1. The molecule has 4 nitrogen and oxygen atoms in total. The minimum atomic E-state index is -0.896. The van der Waals surface area contributed by atoms with E-state index in [4.69, 9.17) is 4.42 Å². The van der Waals surface area contributed by atoms with Crippen LogP contribution in [0, 0.1) is 11.8 Å². The maximum absolute atomic E-state index is 11.7. The Balaban J connectivity index is 2.34. The third-order valence-electron chi connectivity index (χ3n) is 3.22. The van der Waals surface area contributed by atoms with Crippen molar-refractivity contribution in [2.75, 3.05) is 0 Å². The second-order valence-electron chi connectivity index (χ2n) is 5.44. The summed E-state index contributed by atoms with van der Waals surface area (Å²) in [6.07, 6.45) is 3.36. The highest BCUT2D eigenvalue weighted by molar-refractivity contribution is 5.95. The van der Waals surface area contributed by atoms with Crippen LogP contribution in [0.5, 0.6) is 0 Å². The van der Waals surface area contributed by atoms with E-state index in [0.29, 0.717) is 24.8 Å². The first-order valence-electron chi connectivity index (χ1n) is 6.68. The van der Waals surface area contributed by atoms with Gasteiger partial charge in [-0.05, 0) is 24.3 Å². The van der Waals surface area contributed by atoms with E-state index in [-0.39, 0.29) is 23.4 Å². The van der Waals surface area contributed by atoms with Gasteiger partial charge in [-0.1, -0.05) is 20.8 Å². The Kier molecular flexibility index (Phi) is 5.96. The Morgan fingerprint density at radius 2 is 2.00 bits per heavy atom. The van der Waals surface area contributed by atoms with Crippen molar-refractivity contribution >= 4 is 11.6 Å². The molecule has 0 amide bonds. The Morgan fingerprint density at radius 3 is 2.53 bits per heavy atom. The first-order valence-corrected chi connectivity index (χ1v) is 6.68. The summed E-state index contributed by atoms with van der Waals surface area (Å²) in [7, 11) is 0. The molecular formula is C15H22O4. The number of aliphatic hydroxyl groups excluding tert-OH is 1. The average Bonchev–Trinajstić information content (AvgIpc) is 2.88. The van der Waals surface area contributed by atoms with Crippen LogP contribution in [0.4, 0.5) is 0 Å². The highest BCUT2D eigenvalue weighted by Gasteiger charge is 2.21. The van der Waals surface area contributed by atoms with E-state index < -0.39 is 6.10 Å². The normalized spacial score (nSPS) is 14.4. The van der Waals surface area contributed by atoms with Gasteiger partial charge < -0.3 is 9.52 Å². The van der Waals surface area contributed by atoms with Crippen molar-refractivity contribution in [1.29, 1.82) is 0 Å². The van der Waals surface area contributed by atoms with Crippen molar-refractivity contribution in [1.82, 2.24) is 0 Å². The van der Waals surface area contributed by atoms with Crippen LogP contribution in [0.3, 0.4) is 0 Å². The molecule has 0 aromatic carbocycles. The summed E-state index contributed by atoms with van der Waals surface area (Å²) in [6.45, 7) is 5.55. The van der Waals surface area contributed by atoms with Crippen molar-refractivity contribution < 1.29 is 19.1 Å². The zero-order valence-corrected chi connectivity index (χ0v) is 11.8. The summed E-state index contributed by atoms with van der Waals surface area (Å²) in [5.74, 6) is -0.0836. The van der Waals surface area contributed by atoms with E-state index in [1.165, 1.54) is 12.5 Å². The molecule has 0 aliphatic heterocycles. The predicted molar refractivity (Wildman–Crippen MR) is 71.9 cm³/mol. The van der Waals surface area contributed by atoms with E-state index >= 15 is 0 Å². The SMILES string of the molecule is CC(C)[C@@H](O)C(=O)C[C@@H](C)CCC(=O)c1ccoc1. The second-order valence-corrected chi connectivity index (χ2v) is 5.44. The molecule has 0 radical (unpaired) electrons. The molecule has 0 unspecified atom stereocenters. The first kappa shape index (κ1) is 15.6. The third kappa shape index (κ3) is 4.99. The molecule has 0 bridgehead atoms.